The van der Waals surface area contributed by atoms with Crippen molar-refractivity contribution < 1.29 is 44.3 Å². The van der Waals surface area contributed by atoms with Gasteiger partial charge in [-0.05, 0) is 25.7 Å². The highest BCUT2D eigenvalue weighted by Crippen LogP contribution is 2.36. The highest BCUT2D eigenvalue weighted by atomic mass is 16.6. The van der Waals surface area contributed by atoms with Crippen molar-refractivity contribution in [3.8, 4) is 0 Å². The van der Waals surface area contributed by atoms with E-state index >= 15 is 0 Å². The molecule has 0 aromatic carbocycles. The maximum absolute atomic E-state index is 12.7. The number of hydrogen-bond donors (Lipinski definition) is 4. The van der Waals surface area contributed by atoms with Crippen LogP contribution in [0.3, 0.4) is 0 Å². The van der Waals surface area contributed by atoms with Crippen LogP contribution in [0.5, 0.6) is 0 Å². The van der Waals surface area contributed by atoms with Crippen molar-refractivity contribution in [3.05, 3.63) is 12.2 Å². The topological polar surface area (TPSA) is 151 Å². The van der Waals surface area contributed by atoms with Gasteiger partial charge >= 0.3 is 11.9 Å². The predicted molar refractivity (Wildman–Crippen MR) is 194 cm³/mol. The van der Waals surface area contributed by atoms with Gasteiger partial charge in [-0.15, -0.1) is 0 Å². The Hall–Kier alpha value is -1.81. The summed E-state index contributed by atoms with van der Waals surface area (Å²) in [5.74, 6) is -1.71. The lowest BCUT2D eigenvalue weighted by atomic mass is 9.87. The van der Waals surface area contributed by atoms with Gasteiger partial charge in [0.25, 0.3) is 0 Å². The Morgan fingerprint density at radius 3 is 1.80 bits per heavy atom. The summed E-state index contributed by atoms with van der Waals surface area (Å²) in [4.78, 5) is 37.1. The minimum absolute atomic E-state index is 0.0422. The average Bonchev–Trinajstić information content (AvgIpc) is 3.34. The smallest absolute Gasteiger partial charge is 0.306 e. The molecule has 0 unspecified atom stereocenters. The van der Waals surface area contributed by atoms with Crippen LogP contribution in [0.2, 0.25) is 0 Å². The molecular weight excluding hydrogens is 624 g/mol. The van der Waals surface area contributed by atoms with Crippen LogP contribution in [0, 0.1) is 11.8 Å². The number of Topliss-reactive ketones (excluding diaryl/α,β-unsaturated/α-hetero) is 1. The maximum Gasteiger partial charge on any atom is 0.306 e. The van der Waals surface area contributed by atoms with E-state index in [1.54, 1.807) is 12.2 Å². The Bertz CT molecular complexity index is 876. The first-order valence-corrected chi connectivity index (χ1v) is 19.9. The summed E-state index contributed by atoms with van der Waals surface area (Å²) in [7, 11) is 0. The summed E-state index contributed by atoms with van der Waals surface area (Å²) in [6, 6.07) is 0. The maximum atomic E-state index is 12.7. The molecule has 0 amide bonds. The van der Waals surface area contributed by atoms with Crippen LogP contribution in [-0.4, -0.2) is 75.8 Å². The fourth-order valence-corrected chi connectivity index (χ4v) is 6.67. The standard InChI is InChI=1S/C40H72O9/c1-3-5-7-8-9-10-11-12-13-14-15-16-17-19-25-40(47)49-34(30-41)31-48-39(46)24-21-20-23-33(43)28-36-35(37(44)29-38(36)45)27-26-32(42)22-18-6-4-2/h26-27,32,34-38,41-42,44-45H,3-25,28-31H2,1-2H3/b27-26+/t32-,34-,35+,36+,37+,38-/m0/s1. The minimum Gasteiger partial charge on any atom is -0.462 e. The van der Waals surface area contributed by atoms with E-state index in [-0.39, 0.29) is 50.4 Å². The summed E-state index contributed by atoms with van der Waals surface area (Å²) in [5.41, 5.74) is 0. The number of carbonyl (C=O) groups excluding carboxylic acids is 3. The highest BCUT2D eigenvalue weighted by Gasteiger charge is 2.41. The van der Waals surface area contributed by atoms with Crippen LogP contribution in [0.4, 0.5) is 0 Å². The number of ether oxygens (including phenoxy) is 2. The second-order valence-electron chi connectivity index (χ2n) is 14.3. The molecule has 0 heterocycles. The molecule has 4 N–H and O–H groups in total. The highest BCUT2D eigenvalue weighted by molar-refractivity contribution is 5.79. The van der Waals surface area contributed by atoms with Gasteiger partial charge in [0.2, 0.25) is 0 Å². The SMILES string of the molecule is CCCCCCCCCCCCCCCCC(=O)O[C@@H](CO)COC(=O)CCCCC(=O)C[C@@H]1[C@@H](/C=C/[C@@H](O)CCCCC)[C@H](O)C[C@@H]1O. The predicted octanol–water partition coefficient (Wildman–Crippen LogP) is 7.68. The van der Waals surface area contributed by atoms with Crippen LogP contribution >= 0.6 is 0 Å². The third-order valence-electron chi connectivity index (χ3n) is 9.79. The van der Waals surface area contributed by atoms with Crippen molar-refractivity contribution in [3.63, 3.8) is 0 Å². The van der Waals surface area contributed by atoms with Gasteiger partial charge in [0.1, 0.15) is 12.4 Å². The van der Waals surface area contributed by atoms with Gasteiger partial charge in [-0.25, -0.2) is 0 Å². The van der Waals surface area contributed by atoms with E-state index in [2.05, 4.69) is 13.8 Å². The van der Waals surface area contributed by atoms with E-state index in [0.29, 0.717) is 19.3 Å². The molecule has 286 valence electrons. The number of hydrogen-bond acceptors (Lipinski definition) is 9. The number of carbonyl (C=O) groups is 3. The summed E-state index contributed by atoms with van der Waals surface area (Å²) < 4.78 is 10.5. The van der Waals surface area contributed by atoms with Crippen molar-refractivity contribution >= 4 is 17.7 Å². The lowest BCUT2D eigenvalue weighted by Crippen LogP contribution is -2.28. The third kappa shape index (κ3) is 23.3. The Kier molecular flexibility index (Phi) is 27.6. The first kappa shape index (κ1) is 45.2. The first-order valence-electron chi connectivity index (χ1n) is 19.9. The molecule has 0 aromatic heterocycles. The molecule has 0 saturated heterocycles. The molecule has 1 fully saturated rings. The van der Waals surface area contributed by atoms with E-state index < -0.39 is 48.9 Å². The second kappa shape index (κ2) is 29.9. The summed E-state index contributed by atoms with van der Waals surface area (Å²) in [6.07, 6.45) is 23.3. The number of rotatable bonds is 32. The zero-order valence-electron chi connectivity index (χ0n) is 31.0. The summed E-state index contributed by atoms with van der Waals surface area (Å²) in [6.45, 7) is 3.71. The van der Waals surface area contributed by atoms with Crippen LogP contribution in [-0.2, 0) is 23.9 Å². The van der Waals surface area contributed by atoms with Gasteiger partial charge in [0.15, 0.2) is 6.10 Å². The first-order chi connectivity index (χ1) is 23.7. The van der Waals surface area contributed by atoms with E-state index in [1.165, 1.54) is 70.6 Å². The molecule has 0 spiro atoms. The van der Waals surface area contributed by atoms with Gasteiger partial charge in [-0.3, -0.25) is 14.4 Å². The molecule has 0 aromatic rings. The van der Waals surface area contributed by atoms with Crippen LogP contribution < -0.4 is 0 Å². The van der Waals surface area contributed by atoms with Gasteiger partial charge in [-0.1, -0.05) is 129 Å². The third-order valence-corrected chi connectivity index (χ3v) is 9.79. The van der Waals surface area contributed by atoms with Gasteiger partial charge < -0.3 is 29.9 Å². The Morgan fingerprint density at radius 2 is 1.20 bits per heavy atom. The second-order valence-corrected chi connectivity index (χ2v) is 14.3. The fraction of sp³-hybridized carbons (Fsp3) is 0.875. The van der Waals surface area contributed by atoms with E-state index in [4.69, 9.17) is 9.47 Å². The number of ketones is 1. The normalized spacial score (nSPS) is 20.4. The Balaban J connectivity index is 2.14. The molecule has 49 heavy (non-hydrogen) atoms. The molecule has 9 heteroatoms. The molecule has 1 aliphatic carbocycles. The largest absolute Gasteiger partial charge is 0.462 e. The lowest BCUT2D eigenvalue weighted by molar-refractivity contribution is -0.161. The van der Waals surface area contributed by atoms with Gasteiger partial charge in [0, 0.05) is 43.9 Å². The van der Waals surface area contributed by atoms with E-state index in [0.717, 1.165) is 38.5 Å². The van der Waals surface area contributed by atoms with Crippen molar-refractivity contribution in [2.45, 2.75) is 199 Å². The van der Waals surface area contributed by atoms with Crippen molar-refractivity contribution in [1.29, 1.82) is 0 Å². The zero-order valence-corrected chi connectivity index (χ0v) is 31.0. The van der Waals surface area contributed by atoms with Crippen LogP contribution in [0.1, 0.15) is 174 Å². The van der Waals surface area contributed by atoms with Gasteiger partial charge in [-0.2, -0.15) is 0 Å². The number of unbranched alkanes of at least 4 members (excludes halogenated alkanes) is 16. The minimum atomic E-state index is -0.891. The summed E-state index contributed by atoms with van der Waals surface area (Å²) in [5, 5.41) is 40.6. The Morgan fingerprint density at radius 1 is 0.694 bits per heavy atom. The Labute approximate surface area is 297 Å². The van der Waals surface area contributed by atoms with E-state index in [9.17, 15) is 34.8 Å². The lowest BCUT2D eigenvalue weighted by Gasteiger charge is -2.20. The van der Waals surface area contributed by atoms with Crippen molar-refractivity contribution in [2.24, 2.45) is 11.8 Å². The molecule has 1 aliphatic rings. The molecular formula is C40H72O9. The number of aliphatic hydroxyl groups excluding tert-OH is 4. The molecule has 0 aliphatic heterocycles. The average molecular weight is 697 g/mol. The summed E-state index contributed by atoms with van der Waals surface area (Å²) >= 11 is 0. The van der Waals surface area contributed by atoms with Crippen LogP contribution in [0.15, 0.2) is 12.2 Å². The molecule has 0 bridgehead atoms. The molecule has 1 saturated carbocycles. The number of esters is 2. The van der Waals surface area contributed by atoms with Crippen molar-refractivity contribution in [1.82, 2.24) is 0 Å². The molecule has 9 nitrogen and oxygen atoms in total. The zero-order chi connectivity index (χ0) is 36.1. The molecule has 6 atom stereocenters. The van der Waals surface area contributed by atoms with Crippen LogP contribution in [0.25, 0.3) is 0 Å². The molecule has 0 radical (unpaired) electrons. The monoisotopic (exact) mass is 697 g/mol. The quantitative estimate of drug-likeness (QED) is 0.0315. The van der Waals surface area contributed by atoms with Gasteiger partial charge in [0.05, 0.1) is 24.9 Å². The van der Waals surface area contributed by atoms with Crippen molar-refractivity contribution in [2.75, 3.05) is 13.2 Å². The number of aliphatic hydroxyl groups is 4. The van der Waals surface area contributed by atoms with E-state index in [1.807, 2.05) is 0 Å². The fourth-order valence-electron chi connectivity index (χ4n) is 6.67. The molecule has 1 rings (SSSR count).